The van der Waals surface area contributed by atoms with Gasteiger partial charge in [-0.2, -0.15) is 0 Å². The predicted molar refractivity (Wildman–Crippen MR) is 118 cm³/mol. The zero-order valence-electron chi connectivity index (χ0n) is 15.9. The van der Waals surface area contributed by atoms with Crippen LogP contribution in [0.25, 0.3) is 11.0 Å². The molecule has 0 radical (unpaired) electrons. The number of nitrogens with zero attached hydrogens (tertiary/aromatic N) is 1. The first-order valence-electron chi connectivity index (χ1n) is 9.57. The Bertz CT molecular complexity index is 1050. The number of fused-ring (bicyclic) bond motifs is 1. The van der Waals surface area contributed by atoms with Gasteiger partial charge in [0.15, 0.2) is 0 Å². The number of benzene rings is 2. The quantitative estimate of drug-likeness (QED) is 0.575. The normalized spacial score (nSPS) is 16.6. The van der Waals surface area contributed by atoms with Crippen molar-refractivity contribution >= 4 is 40.9 Å². The fraction of sp³-hybridized carbons (Fsp3) is 0.333. The number of amides is 1. The number of aromatic nitrogens is 2. The molecule has 29 heavy (non-hydrogen) atoms. The van der Waals surface area contributed by atoms with Gasteiger partial charge in [0.1, 0.15) is 0 Å². The van der Waals surface area contributed by atoms with Crippen molar-refractivity contribution in [1.29, 1.82) is 0 Å². The number of hydrogen-bond acceptors (Lipinski definition) is 3. The van der Waals surface area contributed by atoms with Crippen LogP contribution in [0.2, 0.25) is 5.02 Å². The molecule has 1 atom stereocenters. The highest BCUT2D eigenvalue weighted by atomic mass is 35.5. The highest BCUT2D eigenvalue weighted by Gasteiger charge is 2.27. The molecule has 0 bridgehead atoms. The van der Waals surface area contributed by atoms with E-state index in [1.54, 1.807) is 0 Å². The third-order valence-electron chi connectivity index (χ3n) is 5.23. The molecule has 4 rings (SSSR count). The van der Waals surface area contributed by atoms with E-state index in [9.17, 15) is 9.59 Å². The Kier molecular flexibility index (Phi) is 7.00. The molecule has 2 heterocycles. The van der Waals surface area contributed by atoms with E-state index in [0.717, 1.165) is 48.1 Å². The highest BCUT2D eigenvalue weighted by Crippen LogP contribution is 2.25. The lowest BCUT2D eigenvalue weighted by Crippen LogP contribution is -2.48. The van der Waals surface area contributed by atoms with E-state index in [1.165, 1.54) is 0 Å². The van der Waals surface area contributed by atoms with Crippen molar-refractivity contribution in [3.05, 3.63) is 69.1 Å². The van der Waals surface area contributed by atoms with Gasteiger partial charge in [-0.15, -0.1) is 12.4 Å². The number of H-pyrrole nitrogens is 2. The molecule has 3 N–H and O–H groups in total. The summed E-state index contributed by atoms with van der Waals surface area (Å²) in [5, 5.41) is 4.06. The standard InChI is InChI=1S/C21H23ClN4O2.ClH/c22-16-5-2-4-15(12-16)19-13-23-9-10-26(19)20(27)6-1-3-14-7-8-17-18(11-14)25-21(28)24-17;/h2,4-5,7-8,11-12,19,23H,1,3,6,9-10,13H2,(H2,24,25,28);1H. The van der Waals surface area contributed by atoms with E-state index in [2.05, 4.69) is 15.3 Å². The Morgan fingerprint density at radius 3 is 2.79 bits per heavy atom. The van der Waals surface area contributed by atoms with E-state index in [1.807, 2.05) is 47.4 Å². The van der Waals surface area contributed by atoms with Crippen molar-refractivity contribution in [1.82, 2.24) is 20.2 Å². The van der Waals surface area contributed by atoms with Gasteiger partial charge in [-0.3, -0.25) is 4.79 Å². The van der Waals surface area contributed by atoms with E-state index in [4.69, 9.17) is 11.6 Å². The number of halogens is 2. The van der Waals surface area contributed by atoms with Crippen molar-refractivity contribution in [3.63, 3.8) is 0 Å². The Morgan fingerprint density at radius 2 is 1.97 bits per heavy atom. The first kappa shape index (κ1) is 21.4. The molecule has 8 heteroatoms. The molecular weight excluding hydrogens is 411 g/mol. The zero-order valence-corrected chi connectivity index (χ0v) is 17.5. The van der Waals surface area contributed by atoms with Gasteiger partial charge in [-0.05, 0) is 48.2 Å². The number of imidazole rings is 1. The van der Waals surface area contributed by atoms with Gasteiger partial charge >= 0.3 is 5.69 Å². The van der Waals surface area contributed by atoms with E-state index in [-0.39, 0.29) is 30.0 Å². The summed E-state index contributed by atoms with van der Waals surface area (Å²) in [6, 6.07) is 13.6. The molecule has 1 aliphatic rings. The zero-order chi connectivity index (χ0) is 19.5. The number of hydrogen-bond donors (Lipinski definition) is 3. The van der Waals surface area contributed by atoms with Gasteiger partial charge in [0.2, 0.25) is 5.91 Å². The molecule has 0 aliphatic carbocycles. The Hall–Kier alpha value is -2.28. The summed E-state index contributed by atoms with van der Waals surface area (Å²) < 4.78 is 0. The van der Waals surface area contributed by atoms with Gasteiger partial charge in [0, 0.05) is 31.1 Å². The van der Waals surface area contributed by atoms with E-state index < -0.39 is 0 Å². The van der Waals surface area contributed by atoms with Crippen molar-refractivity contribution in [2.24, 2.45) is 0 Å². The summed E-state index contributed by atoms with van der Waals surface area (Å²) in [7, 11) is 0. The SMILES string of the molecule is Cl.O=C(CCCc1ccc2[nH]c(=O)[nH]c2c1)N1CCNCC1c1cccc(Cl)c1. The minimum atomic E-state index is -0.201. The molecule has 0 saturated carbocycles. The monoisotopic (exact) mass is 434 g/mol. The summed E-state index contributed by atoms with van der Waals surface area (Å²) in [6.45, 7) is 2.25. The molecule has 1 fully saturated rings. The predicted octanol–water partition coefficient (Wildman–Crippen LogP) is 3.43. The van der Waals surface area contributed by atoms with Gasteiger partial charge in [0.05, 0.1) is 17.1 Å². The molecule has 6 nitrogen and oxygen atoms in total. The number of nitrogens with one attached hydrogen (secondary N) is 3. The maximum absolute atomic E-state index is 12.9. The second kappa shape index (κ2) is 9.48. The first-order chi connectivity index (χ1) is 13.6. The number of aryl methyl sites for hydroxylation is 1. The smallest absolute Gasteiger partial charge is 0.323 e. The van der Waals surface area contributed by atoms with Crippen molar-refractivity contribution in [2.75, 3.05) is 19.6 Å². The maximum atomic E-state index is 12.9. The molecule has 3 aromatic rings. The van der Waals surface area contributed by atoms with Crippen LogP contribution in [-0.2, 0) is 11.2 Å². The largest absolute Gasteiger partial charge is 0.333 e. The summed E-state index contributed by atoms with van der Waals surface area (Å²) in [4.78, 5) is 31.7. The summed E-state index contributed by atoms with van der Waals surface area (Å²) in [6.07, 6.45) is 2.06. The van der Waals surface area contributed by atoms with E-state index >= 15 is 0 Å². The number of rotatable bonds is 5. The lowest BCUT2D eigenvalue weighted by atomic mass is 10.0. The fourth-order valence-electron chi connectivity index (χ4n) is 3.84. The van der Waals surface area contributed by atoms with Gasteiger partial charge in [0.25, 0.3) is 0 Å². The number of aromatic amines is 2. The molecule has 1 saturated heterocycles. The first-order valence-corrected chi connectivity index (χ1v) is 9.94. The number of carbonyl (C=O) groups is 1. The highest BCUT2D eigenvalue weighted by molar-refractivity contribution is 6.30. The minimum absolute atomic E-state index is 0. The molecule has 1 aliphatic heterocycles. The van der Waals surface area contributed by atoms with Crippen molar-refractivity contribution in [3.8, 4) is 0 Å². The van der Waals surface area contributed by atoms with Crippen LogP contribution in [-0.4, -0.2) is 40.4 Å². The van der Waals surface area contributed by atoms with Crippen LogP contribution in [0.15, 0.2) is 47.3 Å². The maximum Gasteiger partial charge on any atom is 0.323 e. The average Bonchev–Trinajstić information content (AvgIpc) is 3.07. The van der Waals surface area contributed by atoms with Crippen LogP contribution in [0.3, 0.4) is 0 Å². The second-order valence-electron chi connectivity index (χ2n) is 7.17. The third kappa shape index (κ3) is 5.01. The lowest BCUT2D eigenvalue weighted by Gasteiger charge is -2.36. The molecule has 0 spiro atoms. The summed E-state index contributed by atoms with van der Waals surface area (Å²) in [5.41, 5.74) is 3.58. The molecular formula is C21H24Cl2N4O2. The van der Waals surface area contributed by atoms with E-state index in [0.29, 0.717) is 18.0 Å². The summed E-state index contributed by atoms with van der Waals surface area (Å²) >= 11 is 6.14. The third-order valence-corrected chi connectivity index (χ3v) is 5.47. The Morgan fingerprint density at radius 1 is 1.14 bits per heavy atom. The van der Waals surface area contributed by atoms with Crippen LogP contribution < -0.4 is 11.0 Å². The number of piperazine rings is 1. The second-order valence-corrected chi connectivity index (χ2v) is 7.61. The van der Waals surface area contributed by atoms with Crippen LogP contribution in [0.4, 0.5) is 0 Å². The fourth-order valence-corrected chi connectivity index (χ4v) is 4.04. The molecule has 1 aromatic heterocycles. The molecule has 1 amide bonds. The van der Waals surface area contributed by atoms with Gasteiger partial charge in [-0.1, -0.05) is 29.8 Å². The topological polar surface area (TPSA) is 81.0 Å². The van der Waals surface area contributed by atoms with Gasteiger partial charge < -0.3 is 20.2 Å². The van der Waals surface area contributed by atoms with Crippen molar-refractivity contribution < 1.29 is 4.79 Å². The molecule has 154 valence electrons. The van der Waals surface area contributed by atoms with Gasteiger partial charge in [-0.25, -0.2) is 4.79 Å². The Labute approximate surface area is 180 Å². The van der Waals surface area contributed by atoms with Crippen LogP contribution in [0, 0.1) is 0 Å². The average molecular weight is 435 g/mol. The van der Waals surface area contributed by atoms with Crippen LogP contribution in [0.1, 0.15) is 30.0 Å². The lowest BCUT2D eigenvalue weighted by molar-refractivity contribution is -0.134. The Balaban J connectivity index is 0.00000240. The number of carbonyl (C=O) groups excluding carboxylic acids is 1. The van der Waals surface area contributed by atoms with Crippen LogP contribution in [0.5, 0.6) is 0 Å². The molecule has 1 unspecified atom stereocenters. The minimum Gasteiger partial charge on any atom is -0.333 e. The molecule has 2 aromatic carbocycles. The van der Waals surface area contributed by atoms with Crippen LogP contribution >= 0.6 is 24.0 Å². The summed E-state index contributed by atoms with van der Waals surface area (Å²) in [5.74, 6) is 0.169. The van der Waals surface area contributed by atoms with Crippen molar-refractivity contribution in [2.45, 2.75) is 25.3 Å².